The Hall–Kier alpha value is -5.44. The molecule has 112 heavy (non-hydrogen) atoms. The van der Waals surface area contributed by atoms with Crippen molar-refractivity contribution < 1.29 is 5.11 Å². The normalized spacial score (nSPS) is 10.7. The van der Waals surface area contributed by atoms with E-state index in [1.807, 2.05) is 32.0 Å². The number of phenolic OH excluding ortho intramolecular Hbond substituents is 1. The zero-order valence-electron chi connectivity index (χ0n) is 59.3. The summed E-state index contributed by atoms with van der Waals surface area (Å²) in [6.45, 7) is 11.0. The molecule has 7 N–H and O–H groups in total. The summed E-state index contributed by atoms with van der Waals surface area (Å²) in [6, 6.07) is 33.1. The quantitative estimate of drug-likeness (QED) is 0.0264. The zero-order valence-corrected chi connectivity index (χ0v) is 74.7. The third-order valence-electron chi connectivity index (χ3n) is 14.2. The van der Waals surface area contributed by atoms with Crippen molar-refractivity contribution in [3.05, 3.63) is 317 Å². The lowest BCUT2D eigenvalue weighted by atomic mass is 10.2. The molecule has 0 bridgehead atoms. The van der Waals surface area contributed by atoms with Crippen LogP contribution in [0.4, 0.5) is 5.82 Å². The summed E-state index contributed by atoms with van der Waals surface area (Å²) in [6.07, 6.45) is 1.45. The van der Waals surface area contributed by atoms with Crippen molar-refractivity contribution >= 4 is 239 Å². The molecule has 6 aromatic heterocycles. The van der Waals surface area contributed by atoms with Crippen LogP contribution in [0, 0.1) is 41.5 Å². The van der Waals surface area contributed by atoms with Gasteiger partial charge in [-0.15, -0.1) is 0 Å². The molecule has 588 valence electrons. The molecule has 19 nitrogen and oxygen atoms in total. The highest BCUT2D eigenvalue weighted by molar-refractivity contribution is 7.99. The molecule has 0 radical (unpaired) electrons. The van der Waals surface area contributed by atoms with Crippen LogP contribution in [0.1, 0.15) is 67.4 Å². The molecule has 6 heterocycles. The fourth-order valence-corrected chi connectivity index (χ4v) is 18.5. The van der Waals surface area contributed by atoms with Crippen LogP contribution in [-0.4, -0.2) is 64.5 Å². The van der Waals surface area contributed by atoms with E-state index in [0.29, 0.717) is 154 Å². The molecule has 0 saturated heterocycles. The monoisotopic (exact) mass is 1900 g/mol. The summed E-state index contributed by atoms with van der Waals surface area (Å²) in [5.74, 6) is 3.81. The van der Waals surface area contributed by atoms with Crippen LogP contribution >= 0.6 is 233 Å². The number of hydrogen-bond donors (Lipinski definition) is 6. The number of nitrogens with zero attached hydrogens (tertiary/aromatic N) is 8. The van der Waals surface area contributed by atoms with Gasteiger partial charge in [0, 0.05) is 165 Å². The second-order valence-electron chi connectivity index (χ2n) is 23.0. The Bertz CT molecular complexity index is 5520. The molecule has 0 amide bonds. The second-order valence-corrected chi connectivity index (χ2v) is 34.3. The number of H-pyrrole nitrogens is 4. The van der Waals surface area contributed by atoms with E-state index >= 15 is 0 Å². The van der Waals surface area contributed by atoms with Crippen molar-refractivity contribution in [2.75, 3.05) is 5.73 Å². The van der Waals surface area contributed by atoms with Crippen molar-refractivity contribution in [2.24, 2.45) is 7.05 Å². The van der Waals surface area contributed by atoms with Gasteiger partial charge in [0.25, 0.3) is 27.8 Å². The maximum atomic E-state index is 11.7. The molecule has 12 aromatic rings. The first kappa shape index (κ1) is 93.7. The number of aromatic hydroxyl groups is 1. The third kappa shape index (κ3) is 30.2. The maximum Gasteiger partial charge on any atom is 0.254 e. The number of nitrogens with one attached hydrogen (secondary N) is 4. The van der Waals surface area contributed by atoms with Gasteiger partial charge in [0.05, 0.1) is 40.2 Å². The second kappa shape index (κ2) is 45.9. The molecule has 0 spiro atoms. The van der Waals surface area contributed by atoms with Crippen molar-refractivity contribution in [3.63, 3.8) is 0 Å². The average Bonchev–Trinajstić information content (AvgIpc) is 0.857. The molecule has 0 aliphatic heterocycles. The van der Waals surface area contributed by atoms with Crippen molar-refractivity contribution in [1.29, 1.82) is 0 Å². The van der Waals surface area contributed by atoms with Crippen LogP contribution < -0.4 is 33.5 Å². The van der Waals surface area contributed by atoms with Gasteiger partial charge in [-0.2, -0.15) is 0 Å². The maximum absolute atomic E-state index is 11.7. The smallest absolute Gasteiger partial charge is 0.254 e. The minimum absolute atomic E-state index is 0.0942. The summed E-state index contributed by atoms with van der Waals surface area (Å²) >= 11 is 93.1. The van der Waals surface area contributed by atoms with Gasteiger partial charge in [0.15, 0.2) is 30.9 Å². The number of benzene rings is 6. The number of aromatic nitrogens is 12. The molecule has 39 heteroatoms. The predicted molar refractivity (Wildman–Crippen MR) is 472 cm³/mol. The number of anilines is 1. The first-order valence-electron chi connectivity index (χ1n) is 31.9. The van der Waals surface area contributed by atoms with Crippen LogP contribution in [0.15, 0.2) is 182 Å². The van der Waals surface area contributed by atoms with E-state index < -0.39 is 0 Å². The summed E-state index contributed by atoms with van der Waals surface area (Å²) in [4.78, 5) is 96.8. The Labute approximate surface area is 738 Å². The predicted octanol–water partition coefficient (Wildman–Crippen LogP) is 23.4. The largest absolute Gasteiger partial charge is 0.508 e. The third-order valence-corrected chi connectivity index (χ3v) is 25.3. The number of aryl methyl sites for hydroxylation is 6. The molecule has 0 fully saturated rings. The highest BCUT2D eigenvalue weighted by atomic mass is 35.5. The van der Waals surface area contributed by atoms with E-state index in [9.17, 15) is 29.1 Å². The van der Waals surface area contributed by atoms with Crippen molar-refractivity contribution in [1.82, 2.24) is 59.4 Å². The minimum atomic E-state index is -0.198. The van der Waals surface area contributed by atoms with E-state index in [2.05, 4.69) is 54.8 Å². The fraction of sp³-hybridized carbons (Fsp3) is 0.178. The number of thioether (sulfide) groups is 6. The van der Waals surface area contributed by atoms with Crippen LogP contribution in [0.25, 0.3) is 0 Å². The molecule has 12 rings (SSSR count). The fourth-order valence-electron chi connectivity index (χ4n) is 8.75. The lowest BCUT2D eigenvalue weighted by Crippen LogP contribution is -2.19. The Balaban J connectivity index is 0.000000187. The van der Waals surface area contributed by atoms with Gasteiger partial charge in [0.1, 0.15) is 11.6 Å². The molecule has 0 aliphatic carbocycles. The number of rotatable bonds is 18. The number of nitrogen functional groups attached to an aromatic ring is 1. The number of halogens is 14. The Morgan fingerprint density at radius 1 is 0.357 bits per heavy atom. The molecule has 6 aromatic carbocycles. The average molecular weight is 1910 g/mol. The van der Waals surface area contributed by atoms with E-state index in [-0.39, 0.29) is 33.5 Å². The zero-order chi connectivity index (χ0) is 82.2. The van der Waals surface area contributed by atoms with Gasteiger partial charge < -0.3 is 30.8 Å². The van der Waals surface area contributed by atoms with E-state index in [4.69, 9.17) is 168 Å². The Morgan fingerprint density at radius 2 is 0.714 bits per heavy atom. The lowest BCUT2D eigenvalue weighted by molar-refractivity contribution is 0.475. The molecular weight excluding hydrogens is 1840 g/mol. The Morgan fingerprint density at radius 3 is 1.12 bits per heavy atom. The van der Waals surface area contributed by atoms with Gasteiger partial charge in [-0.25, -0.2) is 34.9 Å². The number of phenols is 1. The summed E-state index contributed by atoms with van der Waals surface area (Å²) in [5, 5.41) is 19.7. The minimum Gasteiger partial charge on any atom is -0.508 e. The number of hydrogen-bond acceptors (Lipinski definition) is 20. The summed E-state index contributed by atoms with van der Waals surface area (Å²) in [5.41, 5.74) is 14.5. The standard InChI is InChI=1S/C13H11Cl3N2OS.C13H13ClN2OS.C12H10Cl3N3S.C12H9Cl3N2OS.C12H11ClN2O2S.C11H7Cl3N2OS/c1-7-5-11(19)18(2)13(17-7)20-6-8-9(14)3-4-10(15)12(8)16;1-8-3-4-10(11(14)5-8)7-18-13-15-9(2)6-12(17)16-13;1-6-4-10(16)18-12(17-6)19-5-7-8(13)2-3-9(14)11(7)15;1-6-4-10(18)17-12(16-6)19-5-7-8(13)2-3-9(14)11(7)15;1-7-4-11(17)15-12(14-7)18-6-8-2-3-9(16)5-10(8)13;12-7-1-2-8(13)10(14)6(7)5-18-11-15-4-3-9(17)16-11/h3-5H,6H2,1-2H3;3-6H,7H2,1-2H3,(H,15,16,17);2-4H,5H2,1H3,(H2,16,17,18);2-4H,5H2,1H3,(H,16,17,18);2-5,16H,6H2,1H3,(H,14,15,17);1-4H,5H2,(H,15,16,17). The summed E-state index contributed by atoms with van der Waals surface area (Å²) < 4.78 is 1.49. The van der Waals surface area contributed by atoms with E-state index in [1.54, 1.807) is 101 Å². The topological polar surface area (TPSA) is 290 Å². The van der Waals surface area contributed by atoms with Gasteiger partial charge in [-0.05, 0) is 125 Å². The first-order valence-corrected chi connectivity index (χ1v) is 43.1. The van der Waals surface area contributed by atoms with E-state index in [0.717, 1.165) is 55.4 Å². The Kier molecular flexibility index (Phi) is 38.4. The van der Waals surface area contributed by atoms with Crippen molar-refractivity contribution in [2.45, 2.75) is 107 Å². The van der Waals surface area contributed by atoms with Gasteiger partial charge in [-0.3, -0.25) is 28.5 Å². The molecule has 0 saturated carbocycles. The van der Waals surface area contributed by atoms with Crippen LogP contribution in [-0.2, 0) is 41.6 Å². The van der Waals surface area contributed by atoms with Gasteiger partial charge in [0.2, 0.25) is 0 Å². The van der Waals surface area contributed by atoms with Crippen LogP contribution in [0.3, 0.4) is 0 Å². The highest BCUT2D eigenvalue weighted by Gasteiger charge is 2.17. The summed E-state index contributed by atoms with van der Waals surface area (Å²) in [7, 11) is 1.68. The van der Waals surface area contributed by atoms with Crippen molar-refractivity contribution in [3.8, 4) is 5.75 Å². The van der Waals surface area contributed by atoms with Crippen LogP contribution in [0.5, 0.6) is 5.75 Å². The SMILES string of the molecule is Cc1cc(=O)[nH]c(SCc2c(Cl)ccc(Cl)c2Cl)n1.Cc1cc(=O)[nH]c(SCc2ccc(O)cc2Cl)n1.Cc1cc(=O)n(C)c(SCc2c(Cl)ccc(Cl)c2Cl)n1.Cc1cc(N)nc(SCc2c(Cl)ccc(Cl)c2Cl)n1.Cc1ccc(CSc2nc(C)cc(=O)[nH]2)c(Cl)c1.O=c1ccnc(SCc2c(Cl)ccc(Cl)c2Cl)[nH]1. The number of aromatic amines is 4. The van der Waals surface area contributed by atoms with Gasteiger partial charge in [-0.1, -0.05) is 251 Å². The number of nitrogens with two attached hydrogens (primary N) is 1. The highest BCUT2D eigenvalue weighted by Crippen LogP contribution is 2.40. The molecular formula is C73H61Cl14N13O6S6. The molecule has 0 atom stereocenters. The first-order chi connectivity index (χ1) is 53.0. The van der Waals surface area contributed by atoms with E-state index in [1.165, 1.54) is 118 Å². The van der Waals surface area contributed by atoms with Gasteiger partial charge >= 0.3 is 0 Å². The molecule has 0 unspecified atom stereocenters. The molecule has 0 aliphatic rings. The lowest BCUT2D eigenvalue weighted by Gasteiger charge is -2.10. The van der Waals surface area contributed by atoms with Crippen LogP contribution in [0.2, 0.25) is 70.3 Å².